The third-order valence-electron chi connectivity index (χ3n) is 5.00. The normalized spacial score (nSPS) is 20.8. The van der Waals surface area contributed by atoms with E-state index in [4.69, 9.17) is 0 Å². The van der Waals surface area contributed by atoms with Gasteiger partial charge < -0.3 is 14.6 Å². The molecular formula is C19H22F3N3O3. The van der Waals surface area contributed by atoms with Crippen LogP contribution < -0.4 is 0 Å². The number of aromatic nitrogens is 2. The fraction of sp³-hybridized carbons (Fsp3) is 0.526. The Morgan fingerprint density at radius 3 is 2.50 bits per heavy atom. The van der Waals surface area contributed by atoms with Crippen molar-refractivity contribution in [3.8, 4) is 0 Å². The molecule has 2 aromatic rings. The first-order valence-corrected chi connectivity index (χ1v) is 9.10. The predicted octanol–water partition coefficient (Wildman–Crippen LogP) is 3.82. The van der Waals surface area contributed by atoms with Crippen LogP contribution in [-0.2, 0) is 11.0 Å². The van der Waals surface area contributed by atoms with E-state index in [1.807, 2.05) is 6.92 Å². The van der Waals surface area contributed by atoms with Crippen LogP contribution in [0.4, 0.5) is 13.2 Å². The van der Waals surface area contributed by atoms with Gasteiger partial charge in [-0.05, 0) is 44.4 Å². The number of rotatable bonds is 3. The summed E-state index contributed by atoms with van der Waals surface area (Å²) in [7, 11) is 0. The zero-order valence-electron chi connectivity index (χ0n) is 15.8. The van der Waals surface area contributed by atoms with Gasteiger partial charge in [-0.15, -0.1) is 0 Å². The lowest BCUT2D eigenvalue weighted by molar-refractivity contribution is -0.147. The highest BCUT2D eigenvalue weighted by atomic mass is 19.4. The topological polar surface area (TPSA) is 75.4 Å². The number of carbonyl (C=O) groups is 2. The van der Waals surface area contributed by atoms with E-state index in [9.17, 15) is 27.9 Å². The number of benzene rings is 1. The van der Waals surface area contributed by atoms with Crippen molar-refractivity contribution in [2.24, 2.45) is 11.8 Å². The van der Waals surface area contributed by atoms with Crippen molar-refractivity contribution >= 4 is 22.9 Å². The zero-order valence-corrected chi connectivity index (χ0v) is 15.8. The number of aliphatic carboxylic acids is 1. The summed E-state index contributed by atoms with van der Waals surface area (Å²) in [5.74, 6) is -2.97. The molecule has 28 heavy (non-hydrogen) atoms. The molecule has 152 valence electrons. The van der Waals surface area contributed by atoms with Gasteiger partial charge in [0.05, 0.1) is 17.0 Å². The summed E-state index contributed by atoms with van der Waals surface area (Å²) in [5, 5.41) is 9.27. The molecule has 1 amide bonds. The molecule has 1 aromatic heterocycles. The minimum absolute atomic E-state index is 0.0273. The lowest BCUT2D eigenvalue weighted by Crippen LogP contribution is -2.45. The van der Waals surface area contributed by atoms with E-state index >= 15 is 0 Å². The minimum Gasteiger partial charge on any atom is -0.481 e. The van der Waals surface area contributed by atoms with Gasteiger partial charge in [-0.1, -0.05) is 6.92 Å². The molecule has 1 saturated heterocycles. The van der Waals surface area contributed by atoms with E-state index in [0.717, 1.165) is 4.57 Å². The Hall–Kier alpha value is -2.58. The Bertz CT molecular complexity index is 920. The number of alkyl halides is 3. The molecule has 0 saturated carbocycles. The van der Waals surface area contributed by atoms with Crippen LogP contribution in [0.2, 0.25) is 0 Å². The number of hydrogen-bond acceptors (Lipinski definition) is 3. The van der Waals surface area contributed by atoms with Crippen molar-refractivity contribution in [1.82, 2.24) is 14.5 Å². The minimum atomic E-state index is -4.61. The maximum Gasteiger partial charge on any atom is 0.449 e. The number of carboxylic acid groups (broad SMARTS) is 1. The van der Waals surface area contributed by atoms with Crippen LogP contribution in [0.1, 0.15) is 49.4 Å². The number of likely N-dealkylation sites (tertiary alicyclic amines) is 1. The van der Waals surface area contributed by atoms with Crippen LogP contribution >= 0.6 is 0 Å². The Labute approximate surface area is 159 Å². The smallest absolute Gasteiger partial charge is 0.449 e. The molecule has 2 atom stereocenters. The number of carbonyl (C=O) groups excluding carboxylic acids is 1. The zero-order chi connectivity index (χ0) is 20.8. The third-order valence-corrected chi connectivity index (χ3v) is 5.00. The monoisotopic (exact) mass is 397 g/mol. The Morgan fingerprint density at radius 2 is 1.93 bits per heavy atom. The number of piperidine rings is 1. The second-order valence-corrected chi connectivity index (χ2v) is 7.69. The van der Waals surface area contributed by atoms with Gasteiger partial charge in [0, 0.05) is 24.7 Å². The first-order chi connectivity index (χ1) is 13.0. The van der Waals surface area contributed by atoms with Gasteiger partial charge in [0.15, 0.2) is 0 Å². The molecule has 1 N–H and O–H groups in total. The van der Waals surface area contributed by atoms with Gasteiger partial charge in [-0.3, -0.25) is 9.59 Å². The molecule has 9 heteroatoms. The van der Waals surface area contributed by atoms with Gasteiger partial charge in [-0.25, -0.2) is 4.98 Å². The van der Waals surface area contributed by atoms with Crippen molar-refractivity contribution < 1.29 is 27.9 Å². The van der Waals surface area contributed by atoms with Gasteiger partial charge in [-0.2, -0.15) is 13.2 Å². The molecule has 0 spiro atoms. The van der Waals surface area contributed by atoms with E-state index < -0.39 is 35.8 Å². The Kier molecular flexibility index (Phi) is 5.12. The molecule has 0 aliphatic carbocycles. The second kappa shape index (κ2) is 7.10. The van der Waals surface area contributed by atoms with Gasteiger partial charge in [0.25, 0.3) is 5.91 Å². The number of amides is 1. The van der Waals surface area contributed by atoms with E-state index in [2.05, 4.69) is 4.98 Å². The van der Waals surface area contributed by atoms with Gasteiger partial charge in [0.1, 0.15) is 0 Å². The number of nitrogens with zero attached hydrogens (tertiary/aromatic N) is 3. The number of imidazole rings is 1. The first-order valence-electron chi connectivity index (χ1n) is 9.10. The molecule has 6 nitrogen and oxygen atoms in total. The van der Waals surface area contributed by atoms with Gasteiger partial charge >= 0.3 is 12.1 Å². The third kappa shape index (κ3) is 3.70. The fourth-order valence-electron chi connectivity index (χ4n) is 3.83. The van der Waals surface area contributed by atoms with Crippen LogP contribution in [-0.4, -0.2) is 44.5 Å². The summed E-state index contributed by atoms with van der Waals surface area (Å²) in [6.45, 7) is 5.64. The highest BCUT2D eigenvalue weighted by molar-refractivity contribution is 5.97. The van der Waals surface area contributed by atoms with E-state index in [1.165, 1.54) is 23.1 Å². The molecular weight excluding hydrogens is 375 g/mol. The number of halogens is 3. The highest BCUT2D eigenvalue weighted by Gasteiger charge is 2.38. The van der Waals surface area contributed by atoms with E-state index in [-0.39, 0.29) is 23.5 Å². The summed E-state index contributed by atoms with van der Waals surface area (Å²) >= 11 is 0. The summed E-state index contributed by atoms with van der Waals surface area (Å²) in [5.41, 5.74) is 0.592. The summed E-state index contributed by atoms with van der Waals surface area (Å²) in [4.78, 5) is 29.4. The summed E-state index contributed by atoms with van der Waals surface area (Å²) in [6, 6.07) is 3.83. The van der Waals surface area contributed by atoms with Crippen molar-refractivity contribution in [2.75, 3.05) is 13.1 Å². The van der Waals surface area contributed by atoms with Crippen molar-refractivity contribution in [3.05, 3.63) is 29.6 Å². The quantitative estimate of drug-likeness (QED) is 0.854. The van der Waals surface area contributed by atoms with E-state index in [1.54, 1.807) is 13.8 Å². The summed E-state index contributed by atoms with van der Waals surface area (Å²) < 4.78 is 41.1. The standard InChI is InChI=1S/C19H22F3N3O3/c1-10(2)25-15-5-4-12(7-14(15)23-18(25)19(20,21)22)16(26)24-8-11(3)6-13(9-24)17(27)28/h4-5,7,10-11,13H,6,8-9H2,1-3H3,(H,27,28). The largest absolute Gasteiger partial charge is 0.481 e. The Morgan fingerprint density at radius 1 is 1.25 bits per heavy atom. The molecule has 1 aliphatic heterocycles. The number of carboxylic acids is 1. The summed E-state index contributed by atoms with van der Waals surface area (Å²) in [6.07, 6.45) is -4.11. The number of fused-ring (bicyclic) bond motifs is 1. The molecule has 1 aliphatic rings. The molecule has 1 aromatic carbocycles. The van der Waals surface area contributed by atoms with Crippen LogP contribution in [0.25, 0.3) is 11.0 Å². The SMILES string of the molecule is CC1CC(C(=O)O)CN(C(=O)c2ccc3c(c2)nc(C(F)(F)F)n3C(C)C)C1. The molecule has 3 rings (SSSR count). The fourth-order valence-corrected chi connectivity index (χ4v) is 3.83. The highest BCUT2D eigenvalue weighted by Crippen LogP contribution is 2.34. The van der Waals surface area contributed by atoms with Crippen LogP contribution in [0.3, 0.4) is 0 Å². The van der Waals surface area contributed by atoms with Crippen LogP contribution in [0, 0.1) is 11.8 Å². The average molecular weight is 397 g/mol. The van der Waals surface area contributed by atoms with Crippen molar-refractivity contribution in [1.29, 1.82) is 0 Å². The molecule has 0 bridgehead atoms. The molecule has 1 fully saturated rings. The van der Waals surface area contributed by atoms with Crippen LogP contribution in [0.5, 0.6) is 0 Å². The van der Waals surface area contributed by atoms with Gasteiger partial charge in [0.2, 0.25) is 5.82 Å². The maximum absolute atomic E-state index is 13.3. The molecule has 2 heterocycles. The molecule has 0 radical (unpaired) electrons. The Balaban J connectivity index is 1.98. The maximum atomic E-state index is 13.3. The predicted molar refractivity (Wildman–Crippen MR) is 95.9 cm³/mol. The second-order valence-electron chi connectivity index (χ2n) is 7.69. The van der Waals surface area contributed by atoms with Crippen molar-refractivity contribution in [2.45, 2.75) is 39.4 Å². The van der Waals surface area contributed by atoms with Crippen molar-refractivity contribution in [3.63, 3.8) is 0 Å². The average Bonchev–Trinajstić information content (AvgIpc) is 2.99. The molecule has 2 unspecified atom stereocenters. The lowest BCUT2D eigenvalue weighted by Gasteiger charge is -2.34. The lowest BCUT2D eigenvalue weighted by atomic mass is 9.90. The van der Waals surface area contributed by atoms with E-state index in [0.29, 0.717) is 18.5 Å². The van der Waals surface area contributed by atoms with Crippen LogP contribution in [0.15, 0.2) is 18.2 Å². The number of hydrogen-bond donors (Lipinski definition) is 1. The first kappa shape index (κ1) is 20.2.